The summed E-state index contributed by atoms with van der Waals surface area (Å²) in [6.07, 6.45) is 0. The smallest absolute Gasteiger partial charge is 0.243 e. The minimum absolute atomic E-state index is 0.0547. The molecule has 2 aromatic carbocycles. The van der Waals surface area contributed by atoms with E-state index in [9.17, 15) is 4.79 Å². The van der Waals surface area contributed by atoms with Crippen molar-refractivity contribution < 1.29 is 9.53 Å². The van der Waals surface area contributed by atoms with Gasteiger partial charge in [0, 0.05) is 11.4 Å². The van der Waals surface area contributed by atoms with E-state index in [2.05, 4.69) is 5.32 Å². The molecule has 1 heterocycles. The Bertz CT molecular complexity index is 700. The molecule has 3 rings (SSSR count). The molecule has 0 unspecified atom stereocenters. The molecule has 22 heavy (non-hydrogen) atoms. The summed E-state index contributed by atoms with van der Waals surface area (Å²) in [5.74, 6) is 0.713. The van der Waals surface area contributed by atoms with Crippen molar-refractivity contribution in [2.24, 2.45) is 0 Å². The SMILES string of the molecule is Cc1cccc(NC(=O)CN2CCOc3ccc(N)cc32)c1. The fraction of sp³-hybridized carbons (Fsp3) is 0.235. The number of nitrogens with two attached hydrogens (primary N) is 1. The van der Waals surface area contributed by atoms with Crippen LogP contribution in [0.15, 0.2) is 42.5 Å². The van der Waals surface area contributed by atoms with Crippen molar-refractivity contribution in [3.8, 4) is 5.75 Å². The van der Waals surface area contributed by atoms with Gasteiger partial charge in [0.05, 0.1) is 18.8 Å². The molecule has 3 N–H and O–H groups in total. The van der Waals surface area contributed by atoms with Crippen molar-refractivity contribution in [1.82, 2.24) is 0 Å². The molecule has 1 amide bonds. The van der Waals surface area contributed by atoms with E-state index in [4.69, 9.17) is 10.5 Å². The maximum absolute atomic E-state index is 12.3. The zero-order chi connectivity index (χ0) is 15.5. The zero-order valence-electron chi connectivity index (χ0n) is 12.5. The van der Waals surface area contributed by atoms with Gasteiger partial charge in [-0.25, -0.2) is 0 Å². The van der Waals surface area contributed by atoms with E-state index in [0.29, 0.717) is 18.8 Å². The van der Waals surface area contributed by atoms with Crippen LogP contribution in [0.25, 0.3) is 0 Å². The Morgan fingerprint density at radius 3 is 3.00 bits per heavy atom. The van der Waals surface area contributed by atoms with Crippen LogP contribution in [-0.4, -0.2) is 25.6 Å². The average molecular weight is 297 g/mol. The fourth-order valence-electron chi connectivity index (χ4n) is 2.55. The number of rotatable bonds is 3. The van der Waals surface area contributed by atoms with E-state index < -0.39 is 0 Å². The van der Waals surface area contributed by atoms with Crippen molar-refractivity contribution in [1.29, 1.82) is 0 Å². The highest BCUT2D eigenvalue weighted by atomic mass is 16.5. The van der Waals surface area contributed by atoms with Crippen LogP contribution in [0.1, 0.15) is 5.56 Å². The van der Waals surface area contributed by atoms with Crippen LogP contribution < -0.4 is 20.7 Å². The molecule has 1 aliphatic heterocycles. The van der Waals surface area contributed by atoms with E-state index >= 15 is 0 Å². The van der Waals surface area contributed by atoms with E-state index in [-0.39, 0.29) is 12.5 Å². The van der Waals surface area contributed by atoms with Crippen LogP contribution >= 0.6 is 0 Å². The molecule has 0 radical (unpaired) electrons. The van der Waals surface area contributed by atoms with E-state index in [1.165, 1.54) is 0 Å². The van der Waals surface area contributed by atoms with Crippen LogP contribution in [0, 0.1) is 6.92 Å². The first kappa shape index (κ1) is 14.3. The molecule has 0 saturated carbocycles. The summed E-state index contributed by atoms with van der Waals surface area (Å²) in [6.45, 7) is 3.50. The van der Waals surface area contributed by atoms with Crippen LogP contribution in [0.5, 0.6) is 5.75 Å². The summed E-state index contributed by atoms with van der Waals surface area (Å²) in [7, 11) is 0. The molecule has 0 bridgehead atoms. The van der Waals surface area contributed by atoms with Gasteiger partial charge in [-0.1, -0.05) is 12.1 Å². The van der Waals surface area contributed by atoms with Gasteiger partial charge in [0.2, 0.25) is 5.91 Å². The highest BCUT2D eigenvalue weighted by Gasteiger charge is 2.20. The summed E-state index contributed by atoms with van der Waals surface area (Å²) in [4.78, 5) is 14.2. The van der Waals surface area contributed by atoms with Crippen molar-refractivity contribution in [3.05, 3.63) is 48.0 Å². The lowest BCUT2D eigenvalue weighted by molar-refractivity contribution is -0.115. The molecule has 0 spiro atoms. The topological polar surface area (TPSA) is 67.6 Å². The first-order chi connectivity index (χ1) is 10.6. The zero-order valence-corrected chi connectivity index (χ0v) is 12.5. The molecular formula is C17H19N3O2. The molecule has 2 aromatic rings. The van der Waals surface area contributed by atoms with Gasteiger partial charge in [0.25, 0.3) is 0 Å². The molecule has 5 nitrogen and oxygen atoms in total. The Morgan fingerprint density at radius 1 is 1.32 bits per heavy atom. The maximum atomic E-state index is 12.3. The molecule has 114 valence electrons. The summed E-state index contributed by atoms with van der Waals surface area (Å²) < 4.78 is 5.60. The number of nitrogens with one attached hydrogen (secondary N) is 1. The average Bonchev–Trinajstić information content (AvgIpc) is 2.48. The van der Waals surface area contributed by atoms with Gasteiger partial charge in [-0.3, -0.25) is 4.79 Å². The molecule has 0 aromatic heterocycles. The predicted molar refractivity (Wildman–Crippen MR) is 88.4 cm³/mol. The molecule has 1 aliphatic rings. The van der Waals surface area contributed by atoms with Gasteiger partial charge < -0.3 is 20.7 Å². The third-order valence-electron chi connectivity index (χ3n) is 3.58. The maximum Gasteiger partial charge on any atom is 0.243 e. The summed E-state index contributed by atoms with van der Waals surface area (Å²) >= 11 is 0. The number of aryl methyl sites for hydroxylation is 1. The van der Waals surface area contributed by atoms with E-state index in [1.807, 2.05) is 48.2 Å². The number of fused-ring (bicyclic) bond motifs is 1. The van der Waals surface area contributed by atoms with E-state index in [1.54, 1.807) is 6.07 Å². The fourth-order valence-corrected chi connectivity index (χ4v) is 2.55. The van der Waals surface area contributed by atoms with Crippen molar-refractivity contribution in [2.75, 3.05) is 35.6 Å². The second-order valence-corrected chi connectivity index (χ2v) is 5.41. The van der Waals surface area contributed by atoms with Gasteiger partial charge in [-0.05, 0) is 42.8 Å². The Hall–Kier alpha value is -2.69. The van der Waals surface area contributed by atoms with Gasteiger partial charge in [0.15, 0.2) is 0 Å². The van der Waals surface area contributed by atoms with Gasteiger partial charge >= 0.3 is 0 Å². The second kappa shape index (κ2) is 5.97. The lowest BCUT2D eigenvalue weighted by atomic mass is 10.2. The van der Waals surface area contributed by atoms with Gasteiger partial charge in [-0.15, -0.1) is 0 Å². The molecule has 0 aliphatic carbocycles. The number of benzene rings is 2. The highest BCUT2D eigenvalue weighted by Crippen LogP contribution is 2.33. The number of anilines is 3. The number of amides is 1. The number of ether oxygens (including phenoxy) is 1. The Kier molecular flexibility index (Phi) is 3.87. The molecule has 5 heteroatoms. The first-order valence-corrected chi connectivity index (χ1v) is 7.25. The summed E-state index contributed by atoms with van der Waals surface area (Å²) in [6, 6.07) is 13.2. The standard InChI is InChI=1S/C17H19N3O2/c1-12-3-2-4-14(9-12)19-17(21)11-20-7-8-22-16-6-5-13(18)10-15(16)20/h2-6,9-10H,7-8,11,18H2,1H3,(H,19,21). The molecular weight excluding hydrogens is 278 g/mol. The number of nitrogen functional groups attached to an aromatic ring is 1. The minimum atomic E-state index is -0.0547. The Balaban J connectivity index is 1.71. The molecule has 0 atom stereocenters. The Labute approximate surface area is 129 Å². The summed E-state index contributed by atoms with van der Waals surface area (Å²) in [5.41, 5.74) is 9.28. The lowest BCUT2D eigenvalue weighted by Gasteiger charge is -2.30. The number of nitrogens with zero attached hydrogens (tertiary/aromatic N) is 1. The van der Waals surface area contributed by atoms with Crippen LogP contribution in [-0.2, 0) is 4.79 Å². The predicted octanol–water partition coefficient (Wildman–Crippen LogP) is 2.41. The van der Waals surface area contributed by atoms with Crippen molar-refractivity contribution >= 4 is 23.0 Å². The number of carbonyl (C=O) groups excluding carboxylic acids is 1. The second-order valence-electron chi connectivity index (χ2n) is 5.41. The quantitative estimate of drug-likeness (QED) is 0.854. The van der Waals surface area contributed by atoms with E-state index in [0.717, 1.165) is 22.7 Å². The number of hydrogen-bond acceptors (Lipinski definition) is 4. The Morgan fingerprint density at radius 2 is 2.18 bits per heavy atom. The third kappa shape index (κ3) is 3.14. The minimum Gasteiger partial charge on any atom is -0.490 e. The number of carbonyl (C=O) groups is 1. The van der Waals surface area contributed by atoms with Gasteiger partial charge in [-0.2, -0.15) is 0 Å². The third-order valence-corrected chi connectivity index (χ3v) is 3.58. The van der Waals surface area contributed by atoms with Crippen molar-refractivity contribution in [3.63, 3.8) is 0 Å². The van der Waals surface area contributed by atoms with Crippen LogP contribution in [0.4, 0.5) is 17.1 Å². The molecule has 0 fully saturated rings. The largest absolute Gasteiger partial charge is 0.490 e. The number of hydrogen-bond donors (Lipinski definition) is 2. The first-order valence-electron chi connectivity index (χ1n) is 7.25. The van der Waals surface area contributed by atoms with Gasteiger partial charge in [0.1, 0.15) is 12.4 Å². The lowest BCUT2D eigenvalue weighted by Crippen LogP contribution is -2.38. The molecule has 0 saturated heterocycles. The summed E-state index contributed by atoms with van der Waals surface area (Å²) in [5, 5.41) is 2.92. The highest BCUT2D eigenvalue weighted by molar-refractivity contribution is 5.94. The van der Waals surface area contributed by atoms with Crippen LogP contribution in [0.2, 0.25) is 0 Å². The monoisotopic (exact) mass is 297 g/mol. The normalized spacial score (nSPS) is 13.2. The van der Waals surface area contributed by atoms with Crippen molar-refractivity contribution in [2.45, 2.75) is 6.92 Å². The van der Waals surface area contributed by atoms with Crippen LogP contribution in [0.3, 0.4) is 0 Å².